The summed E-state index contributed by atoms with van der Waals surface area (Å²) in [5.74, 6) is -0.496. The van der Waals surface area contributed by atoms with E-state index < -0.39 is 5.82 Å². The quantitative estimate of drug-likeness (QED) is 0.267. The number of amides is 1. The molecule has 3 aromatic heterocycles. The molecule has 1 unspecified atom stereocenters. The second-order valence-electron chi connectivity index (χ2n) is 8.37. The summed E-state index contributed by atoms with van der Waals surface area (Å²) in [6.45, 7) is 3.42. The smallest absolute Gasteiger partial charge is 0.209 e. The van der Waals surface area contributed by atoms with Crippen molar-refractivity contribution in [1.82, 2.24) is 24.2 Å². The lowest BCUT2D eigenvalue weighted by atomic mass is 10.1. The number of hydrogen-bond donors (Lipinski definition) is 0. The van der Waals surface area contributed by atoms with Crippen LogP contribution in [0.3, 0.4) is 0 Å². The lowest BCUT2D eigenvalue weighted by molar-refractivity contribution is -0.119. The number of rotatable bonds is 5. The molecule has 1 aliphatic heterocycles. The molecule has 5 rings (SSSR count). The first-order valence-electron chi connectivity index (χ1n) is 10.8. The number of carbonyl (C=O) groups is 1. The minimum Gasteiger partial charge on any atom is -0.345 e. The molecule has 170 valence electrons. The van der Waals surface area contributed by atoms with Crippen LogP contribution in [0.25, 0.3) is 22.2 Å². The number of halogens is 3. The van der Waals surface area contributed by atoms with Gasteiger partial charge in [0.25, 0.3) is 0 Å². The molecule has 1 saturated heterocycles. The van der Waals surface area contributed by atoms with Gasteiger partial charge in [-0.1, -0.05) is 23.2 Å². The fourth-order valence-corrected chi connectivity index (χ4v) is 5.22. The standard InChI is InChI=1S/C24H22Cl2FN5O/c1-15(23-19(25)2-3-20(27)24(23)26)31-9-6-21-22(31)10-16(11-28-21)17-12-29-32(13-17)18-4-7-30(14-33)8-5-18/h2-3,6,9-15,18H,4-5,7-8H2,1H3. The zero-order valence-electron chi connectivity index (χ0n) is 18.0. The van der Waals surface area contributed by atoms with Gasteiger partial charge >= 0.3 is 0 Å². The van der Waals surface area contributed by atoms with Crippen LogP contribution < -0.4 is 0 Å². The van der Waals surface area contributed by atoms with Crippen molar-refractivity contribution in [3.05, 3.63) is 70.5 Å². The Hall–Kier alpha value is -2.90. The summed E-state index contributed by atoms with van der Waals surface area (Å²) in [6, 6.07) is 6.75. The predicted molar refractivity (Wildman–Crippen MR) is 127 cm³/mol. The van der Waals surface area contributed by atoms with Gasteiger partial charge in [0.05, 0.1) is 34.3 Å². The summed E-state index contributed by atoms with van der Waals surface area (Å²) in [7, 11) is 0. The van der Waals surface area contributed by atoms with Crippen LogP contribution in [0.2, 0.25) is 10.0 Å². The van der Waals surface area contributed by atoms with Crippen LogP contribution >= 0.6 is 23.2 Å². The highest BCUT2D eigenvalue weighted by Crippen LogP contribution is 2.36. The molecule has 1 fully saturated rings. The Labute approximate surface area is 200 Å². The number of likely N-dealkylation sites (tertiary alicyclic amines) is 1. The molecule has 1 atom stereocenters. The van der Waals surface area contributed by atoms with Crippen molar-refractivity contribution in [2.45, 2.75) is 31.8 Å². The Morgan fingerprint density at radius 1 is 1.15 bits per heavy atom. The number of benzene rings is 1. The van der Waals surface area contributed by atoms with E-state index in [-0.39, 0.29) is 17.1 Å². The third kappa shape index (κ3) is 4.00. The molecule has 1 amide bonds. The monoisotopic (exact) mass is 485 g/mol. The maximum atomic E-state index is 14.1. The van der Waals surface area contributed by atoms with E-state index in [1.807, 2.05) is 47.0 Å². The largest absolute Gasteiger partial charge is 0.345 e. The van der Waals surface area contributed by atoms with E-state index in [9.17, 15) is 9.18 Å². The molecule has 4 heterocycles. The Morgan fingerprint density at radius 2 is 1.94 bits per heavy atom. The Bertz CT molecular complexity index is 1330. The van der Waals surface area contributed by atoms with E-state index >= 15 is 0 Å². The van der Waals surface area contributed by atoms with Crippen molar-refractivity contribution < 1.29 is 9.18 Å². The Balaban J connectivity index is 1.47. The van der Waals surface area contributed by atoms with E-state index in [1.165, 1.54) is 12.1 Å². The van der Waals surface area contributed by atoms with E-state index in [4.69, 9.17) is 23.2 Å². The lowest BCUT2D eigenvalue weighted by Crippen LogP contribution is -2.33. The van der Waals surface area contributed by atoms with Gasteiger partial charge in [-0.2, -0.15) is 5.10 Å². The summed E-state index contributed by atoms with van der Waals surface area (Å²) < 4.78 is 18.1. The first-order valence-corrected chi connectivity index (χ1v) is 11.6. The summed E-state index contributed by atoms with van der Waals surface area (Å²) >= 11 is 12.6. The van der Waals surface area contributed by atoms with Crippen molar-refractivity contribution in [2.24, 2.45) is 0 Å². The number of aromatic nitrogens is 4. The average molecular weight is 486 g/mol. The molecule has 0 radical (unpaired) electrons. The maximum Gasteiger partial charge on any atom is 0.209 e. The second kappa shape index (κ2) is 8.80. The molecule has 0 bridgehead atoms. The number of carbonyl (C=O) groups excluding carboxylic acids is 1. The Morgan fingerprint density at radius 3 is 2.70 bits per heavy atom. The van der Waals surface area contributed by atoms with Gasteiger partial charge in [-0.3, -0.25) is 14.5 Å². The van der Waals surface area contributed by atoms with Crippen molar-refractivity contribution >= 4 is 40.6 Å². The topological polar surface area (TPSA) is 56.0 Å². The number of pyridine rings is 1. The highest BCUT2D eigenvalue weighted by molar-refractivity contribution is 6.36. The van der Waals surface area contributed by atoms with Crippen molar-refractivity contribution in [3.63, 3.8) is 0 Å². The molecule has 0 saturated carbocycles. The van der Waals surface area contributed by atoms with Gasteiger partial charge in [0.15, 0.2) is 0 Å². The van der Waals surface area contributed by atoms with Gasteiger partial charge in [-0.05, 0) is 44.0 Å². The first-order chi connectivity index (χ1) is 16.0. The molecule has 0 spiro atoms. The van der Waals surface area contributed by atoms with E-state index in [0.29, 0.717) is 10.6 Å². The minimum atomic E-state index is -0.496. The number of hydrogen-bond acceptors (Lipinski definition) is 3. The molecule has 1 aromatic carbocycles. The van der Waals surface area contributed by atoms with Crippen LogP contribution in [0.15, 0.2) is 49.1 Å². The van der Waals surface area contributed by atoms with E-state index in [2.05, 4.69) is 16.1 Å². The molecular weight excluding hydrogens is 464 g/mol. The zero-order valence-corrected chi connectivity index (χ0v) is 19.5. The number of nitrogens with zero attached hydrogens (tertiary/aromatic N) is 5. The molecule has 1 aliphatic rings. The van der Waals surface area contributed by atoms with Gasteiger partial charge in [-0.15, -0.1) is 0 Å². The first kappa shape index (κ1) is 21.9. The van der Waals surface area contributed by atoms with Crippen molar-refractivity contribution in [2.75, 3.05) is 13.1 Å². The summed E-state index contributed by atoms with van der Waals surface area (Å²) in [5, 5.41) is 5.02. The van der Waals surface area contributed by atoms with Gasteiger partial charge in [0.2, 0.25) is 6.41 Å². The molecule has 0 N–H and O–H groups in total. The summed E-state index contributed by atoms with van der Waals surface area (Å²) in [4.78, 5) is 17.4. The zero-order chi connectivity index (χ0) is 23.1. The van der Waals surface area contributed by atoms with Gasteiger partial charge in [0, 0.05) is 53.4 Å². The second-order valence-corrected chi connectivity index (χ2v) is 9.15. The van der Waals surface area contributed by atoms with Gasteiger partial charge in [-0.25, -0.2) is 4.39 Å². The highest BCUT2D eigenvalue weighted by atomic mass is 35.5. The Kier molecular flexibility index (Phi) is 5.85. The highest BCUT2D eigenvalue weighted by Gasteiger charge is 2.22. The van der Waals surface area contributed by atoms with E-state index in [0.717, 1.165) is 54.5 Å². The van der Waals surface area contributed by atoms with Gasteiger partial charge in [0.1, 0.15) is 5.82 Å². The van der Waals surface area contributed by atoms with Crippen LogP contribution in [-0.4, -0.2) is 43.7 Å². The van der Waals surface area contributed by atoms with Crippen LogP contribution in [0.1, 0.15) is 37.4 Å². The van der Waals surface area contributed by atoms with Crippen molar-refractivity contribution in [3.8, 4) is 11.1 Å². The maximum absolute atomic E-state index is 14.1. The summed E-state index contributed by atoms with van der Waals surface area (Å²) in [5.41, 5.74) is 4.15. The molecule has 9 heteroatoms. The minimum absolute atomic E-state index is 0.0304. The van der Waals surface area contributed by atoms with Crippen LogP contribution in [0.4, 0.5) is 4.39 Å². The molecule has 4 aromatic rings. The number of fused-ring (bicyclic) bond motifs is 1. The molecule has 33 heavy (non-hydrogen) atoms. The molecular formula is C24H22Cl2FN5O. The average Bonchev–Trinajstić information content (AvgIpc) is 3.49. The lowest BCUT2D eigenvalue weighted by Gasteiger charge is -2.29. The fraction of sp³-hybridized carbons (Fsp3) is 0.292. The fourth-order valence-electron chi connectivity index (χ4n) is 4.53. The molecule has 6 nitrogen and oxygen atoms in total. The van der Waals surface area contributed by atoms with Crippen LogP contribution in [0.5, 0.6) is 0 Å². The van der Waals surface area contributed by atoms with Crippen molar-refractivity contribution in [1.29, 1.82) is 0 Å². The predicted octanol–water partition coefficient (Wildman–Crippen LogP) is 5.75. The van der Waals surface area contributed by atoms with Crippen LogP contribution in [-0.2, 0) is 4.79 Å². The third-order valence-corrected chi connectivity index (χ3v) is 7.15. The molecule has 0 aliphatic carbocycles. The number of piperidine rings is 1. The third-order valence-electron chi connectivity index (χ3n) is 6.44. The normalized spacial score (nSPS) is 15.8. The summed E-state index contributed by atoms with van der Waals surface area (Å²) in [6.07, 6.45) is 10.3. The van der Waals surface area contributed by atoms with Gasteiger partial charge < -0.3 is 9.47 Å². The SMILES string of the molecule is CC(c1c(Cl)ccc(F)c1Cl)n1ccc2ncc(-c3cnn(C4CCN(C=O)CC4)c3)cc21. The van der Waals surface area contributed by atoms with Crippen LogP contribution in [0, 0.1) is 5.82 Å². The van der Waals surface area contributed by atoms with E-state index in [1.54, 1.807) is 4.90 Å².